The number of hydrogen-bond acceptors (Lipinski definition) is 2. The minimum Gasteiger partial charge on any atom is -0.465 e. The second-order valence-corrected chi connectivity index (χ2v) is 7.38. The molecular weight excluding hydrogens is 361 g/mol. The van der Waals surface area contributed by atoms with Gasteiger partial charge in [-0.3, -0.25) is 0 Å². The van der Waals surface area contributed by atoms with E-state index in [0.29, 0.717) is 14.7 Å². The van der Waals surface area contributed by atoms with Crippen LogP contribution in [0, 0.1) is 17.5 Å². The number of esters is 1. The first-order chi connectivity index (χ1) is 12.5. The molecule has 0 aliphatic heterocycles. The molecule has 0 atom stereocenters. The molecule has 0 amide bonds. The van der Waals surface area contributed by atoms with Gasteiger partial charge in [0.2, 0.25) is 0 Å². The highest BCUT2D eigenvalue weighted by atomic mass is 32.2. The molecule has 132 valence electrons. The number of halogens is 3. The lowest BCUT2D eigenvalue weighted by atomic mass is 10.2. The van der Waals surface area contributed by atoms with Gasteiger partial charge in [0, 0.05) is 18.2 Å². The van der Waals surface area contributed by atoms with E-state index in [4.69, 9.17) is 0 Å². The van der Waals surface area contributed by atoms with Crippen LogP contribution in [0.1, 0.15) is 10.4 Å². The molecule has 3 aromatic rings. The molecule has 0 saturated heterocycles. The molecule has 0 N–H and O–H groups in total. The van der Waals surface area contributed by atoms with Crippen LogP contribution in [0.2, 0.25) is 0 Å². The molecule has 0 bridgehead atoms. The predicted octanol–water partition coefficient (Wildman–Crippen LogP) is 4.99. The number of ether oxygens (including phenoxy) is 1. The van der Waals surface area contributed by atoms with Crippen LogP contribution in [0.15, 0.2) is 81.4 Å². The SMILES string of the molecule is COC(=O)c1cc([S+](c2cccc(F)c2)c2cccc(F)c2)ccc1F. The quantitative estimate of drug-likeness (QED) is 0.475. The normalized spacial score (nSPS) is 10.8. The van der Waals surface area contributed by atoms with Gasteiger partial charge in [0.1, 0.15) is 23.0 Å². The van der Waals surface area contributed by atoms with Gasteiger partial charge >= 0.3 is 5.97 Å². The predicted molar refractivity (Wildman–Crippen MR) is 92.7 cm³/mol. The van der Waals surface area contributed by atoms with Crippen molar-refractivity contribution < 1.29 is 22.7 Å². The minimum absolute atomic E-state index is 0.227. The second kappa shape index (κ2) is 7.66. The van der Waals surface area contributed by atoms with E-state index in [-0.39, 0.29) is 5.56 Å². The lowest BCUT2D eigenvalue weighted by molar-refractivity contribution is 0.0595. The van der Waals surface area contributed by atoms with E-state index in [0.717, 1.165) is 13.2 Å². The Morgan fingerprint density at radius 2 is 1.35 bits per heavy atom. The Balaban J connectivity index is 2.20. The summed E-state index contributed by atoms with van der Waals surface area (Å²) in [5.74, 6) is -2.41. The van der Waals surface area contributed by atoms with Crippen LogP contribution in [0.3, 0.4) is 0 Å². The Morgan fingerprint density at radius 3 is 1.85 bits per heavy atom. The van der Waals surface area contributed by atoms with E-state index in [1.165, 1.54) is 36.4 Å². The molecule has 6 heteroatoms. The topological polar surface area (TPSA) is 26.3 Å². The van der Waals surface area contributed by atoms with E-state index < -0.39 is 34.3 Å². The molecule has 0 heterocycles. The van der Waals surface area contributed by atoms with Crippen molar-refractivity contribution in [3.05, 3.63) is 89.7 Å². The Kier molecular flexibility index (Phi) is 5.32. The summed E-state index contributed by atoms with van der Waals surface area (Å²) in [6.45, 7) is 0. The summed E-state index contributed by atoms with van der Waals surface area (Å²) >= 11 is 0. The molecule has 0 unspecified atom stereocenters. The Labute approximate surface area is 151 Å². The van der Waals surface area contributed by atoms with Crippen molar-refractivity contribution >= 4 is 16.9 Å². The van der Waals surface area contributed by atoms with Gasteiger partial charge in [-0.15, -0.1) is 0 Å². The van der Waals surface area contributed by atoms with Crippen LogP contribution in [0.25, 0.3) is 0 Å². The van der Waals surface area contributed by atoms with Crippen LogP contribution in [0.5, 0.6) is 0 Å². The maximum Gasteiger partial charge on any atom is 0.341 e. The zero-order valence-electron chi connectivity index (χ0n) is 13.7. The summed E-state index contributed by atoms with van der Waals surface area (Å²) in [6.07, 6.45) is 0. The highest BCUT2D eigenvalue weighted by molar-refractivity contribution is 7.97. The highest BCUT2D eigenvalue weighted by Crippen LogP contribution is 2.33. The van der Waals surface area contributed by atoms with Crippen molar-refractivity contribution in [3.8, 4) is 0 Å². The van der Waals surface area contributed by atoms with E-state index in [1.807, 2.05) is 0 Å². The molecular formula is C20H14F3O2S+. The Hall–Kier alpha value is -2.73. The van der Waals surface area contributed by atoms with Gasteiger partial charge in [-0.25, -0.2) is 18.0 Å². The van der Waals surface area contributed by atoms with Gasteiger partial charge < -0.3 is 4.74 Å². The van der Waals surface area contributed by atoms with Crippen molar-refractivity contribution in [3.63, 3.8) is 0 Å². The number of rotatable bonds is 4. The first kappa shape index (κ1) is 18.1. The standard InChI is InChI=1S/C20H14F3O2S/c1-25-20(24)18-12-17(8-9-19(18)23)26(15-6-2-4-13(21)10-15)16-7-3-5-14(22)11-16/h2-12H,1H3/q+1. The van der Waals surface area contributed by atoms with Crippen LogP contribution in [-0.4, -0.2) is 13.1 Å². The second-order valence-electron chi connectivity index (χ2n) is 5.35. The average molecular weight is 375 g/mol. The minimum atomic E-state index is -0.927. The largest absolute Gasteiger partial charge is 0.465 e. The lowest BCUT2D eigenvalue weighted by Crippen LogP contribution is -2.10. The van der Waals surface area contributed by atoms with Crippen molar-refractivity contribution in [2.45, 2.75) is 14.7 Å². The lowest BCUT2D eigenvalue weighted by Gasteiger charge is -2.10. The van der Waals surface area contributed by atoms with Crippen molar-refractivity contribution in [1.82, 2.24) is 0 Å². The molecule has 0 aliphatic rings. The molecule has 0 saturated carbocycles. The molecule has 3 aromatic carbocycles. The van der Waals surface area contributed by atoms with Crippen LogP contribution >= 0.6 is 0 Å². The van der Waals surface area contributed by atoms with E-state index >= 15 is 0 Å². The molecule has 0 aromatic heterocycles. The Bertz CT molecular complexity index is 914. The van der Waals surface area contributed by atoms with E-state index in [1.54, 1.807) is 24.3 Å². The number of benzene rings is 3. The number of methoxy groups -OCH3 is 1. The van der Waals surface area contributed by atoms with Crippen LogP contribution in [-0.2, 0) is 15.6 Å². The molecule has 3 rings (SSSR count). The smallest absolute Gasteiger partial charge is 0.341 e. The maximum absolute atomic E-state index is 14.0. The van der Waals surface area contributed by atoms with E-state index in [2.05, 4.69) is 4.74 Å². The molecule has 0 fully saturated rings. The first-order valence-electron chi connectivity index (χ1n) is 7.63. The van der Waals surface area contributed by atoms with Gasteiger partial charge in [-0.2, -0.15) is 0 Å². The van der Waals surface area contributed by atoms with Gasteiger partial charge in [0.05, 0.1) is 18.0 Å². The summed E-state index contributed by atoms with van der Waals surface area (Å²) in [7, 11) is 0.233. The average Bonchev–Trinajstić information content (AvgIpc) is 2.63. The Morgan fingerprint density at radius 1 is 0.808 bits per heavy atom. The zero-order chi connectivity index (χ0) is 18.7. The fraction of sp³-hybridized carbons (Fsp3) is 0.0500. The summed E-state index contributed by atoms with van der Waals surface area (Å²) in [5, 5.41) is 0. The van der Waals surface area contributed by atoms with Crippen molar-refractivity contribution in [2.24, 2.45) is 0 Å². The molecule has 0 aliphatic carbocycles. The number of carbonyl (C=O) groups is 1. The summed E-state index contributed by atoms with van der Waals surface area (Å²) < 4.78 is 46.1. The number of hydrogen-bond donors (Lipinski definition) is 0. The van der Waals surface area contributed by atoms with E-state index in [9.17, 15) is 18.0 Å². The first-order valence-corrected chi connectivity index (χ1v) is 8.85. The number of carbonyl (C=O) groups excluding carboxylic acids is 1. The summed E-state index contributed by atoms with van der Waals surface area (Å²) in [5.41, 5.74) is -0.227. The monoisotopic (exact) mass is 375 g/mol. The van der Waals surface area contributed by atoms with Crippen LogP contribution < -0.4 is 0 Å². The highest BCUT2D eigenvalue weighted by Gasteiger charge is 2.31. The summed E-state index contributed by atoms with van der Waals surface area (Å²) in [4.78, 5) is 13.5. The van der Waals surface area contributed by atoms with Crippen molar-refractivity contribution in [1.29, 1.82) is 0 Å². The molecule has 2 nitrogen and oxygen atoms in total. The molecule has 0 radical (unpaired) electrons. The zero-order valence-corrected chi connectivity index (χ0v) is 14.5. The molecule has 26 heavy (non-hydrogen) atoms. The maximum atomic E-state index is 14.0. The fourth-order valence-electron chi connectivity index (χ4n) is 2.49. The van der Waals surface area contributed by atoms with Gasteiger partial charge in [-0.1, -0.05) is 12.1 Å². The molecule has 0 spiro atoms. The fourth-order valence-corrected chi connectivity index (χ4v) is 4.64. The third-order valence-electron chi connectivity index (χ3n) is 3.64. The van der Waals surface area contributed by atoms with Crippen LogP contribution in [0.4, 0.5) is 13.2 Å². The third kappa shape index (κ3) is 3.75. The van der Waals surface area contributed by atoms with Gasteiger partial charge in [0.15, 0.2) is 14.7 Å². The summed E-state index contributed by atoms with van der Waals surface area (Å²) in [6, 6.07) is 15.8. The van der Waals surface area contributed by atoms with Gasteiger partial charge in [0.25, 0.3) is 0 Å². The van der Waals surface area contributed by atoms with Crippen molar-refractivity contribution in [2.75, 3.05) is 7.11 Å². The van der Waals surface area contributed by atoms with Gasteiger partial charge in [-0.05, 0) is 36.4 Å². The third-order valence-corrected chi connectivity index (χ3v) is 5.82.